The Morgan fingerprint density at radius 2 is 1.78 bits per heavy atom. The van der Waals surface area contributed by atoms with Crippen LogP contribution in [0.2, 0.25) is 0 Å². The second-order valence-electron chi connectivity index (χ2n) is 5.95. The van der Waals surface area contributed by atoms with E-state index in [4.69, 9.17) is 14.6 Å². The molecule has 1 aliphatic rings. The van der Waals surface area contributed by atoms with Crippen LogP contribution < -0.4 is 19.7 Å². The van der Waals surface area contributed by atoms with E-state index in [1.165, 1.54) is 6.33 Å². The zero-order chi connectivity index (χ0) is 19.4. The van der Waals surface area contributed by atoms with Crippen LogP contribution in [0.15, 0.2) is 18.5 Å². The predicted octanol–water partition coefficient (Wildman–Crippen LogP) is 0.563. The summed E-state index contributed by atoms with van der Waals surface area (Å²) in [4.78, 5) is 35.0. The Hall–Kier alpha value is -3.30. The molecule has 2 N–H and O–H groups in total. The number of carbonyl (C=O) groups excluding carboxylic acids is 1. The topological polar surface area (TPSA) is 117 Å². The minimum absolute atomic E-state index is 0.219. The zero-order valence-corrected chi connectivity index (χ0v) is 15.1. The van der Waals surface area contributed by atoms with Gasteiger partial charge in [-0.25, -0.2) is 14.8 Å². The highest BCUT2D eigenvalue weighted by molar-refractivity contribution is 5.92. The van der Waals surface area contributed by atoms with Crippen molar-refractivity contribution >= 4 is 28.7 Å². The number of carbonyl (C=O) groups is 2. The van der Waals surface area contributed by atoms with E-state index in [-0.39, 0.29) is 12.5 Å². The van der Waals surface area contributed by atoms with Gasteiger partial charge in [-0.2, -0.15) is 0 Å². The lowest BCUT2D eigenvalue weighted by Gasteiger charge is -2.35. The molecule has 1 aliphatic heterocycles. The molecule has 144 valence electrons. The van der Waals surface area contributed by atoms with E-state index in [2.05, 4.69) is 20.2 Å². The maximum atomic E-state index is 12.0. The van der Waals surface area contributed by atoms with Crippen molar-refractivity contribution in [2.45, 2.75) is 0 Å². The van der Waals surface area contributed by atoms with Crippen LogP contribution >= 0.6 is 0 Å². The quantitative estimate of drug-likeness (QED) is 0.779. The molecule has 3 rings (SSSR count). The second kappa shape index (κ2) is 7.94. The number of ether oxygens (including phenoxy) is 2. The molecule has 1 fully saturated rings. The number of carboxylic acid groups (broad SMARTS) is 1. The molecule has 10 nitrogen and oxygen atoms in total. The molecule has 2 heterocycles. The standard InChI is InChI=1S/C17H21N5O5/c1-26-13-7-11-12(8-14(13)27-2)19-10-20-16(11)22-5-3-21(4-6-22)15(23)9-18-17(24)25/h7-8,10,18H,3-6,9H2,1-2H3,(H,24,25). The summed E-state index contributed by atoms with van der Waals surface area (Å²) in [5, 5.41) is 11.5. The van der Waals surface area contributed by atoms with Crippen molar-refractivity contribution in [2.24, 2.45) is 0 Å². The second-order valence-corrected chi connectivity index (χ2v) is 5.95. The molecule has 0 radical (unpaired) electrons. The number of piperazine rings is 1. The van der Waals surface area contributed by atoms with Crippen molar-refractivity contribution in [3.8, 4) is 11.5 Å². The monoisotopic (exact) mass is 375 g/mol. The van der Waals surface area contributed by atoms with Crippen LogP contribution in [0.25, 0.3) is 10.9 Å². The third-order valence-corrected chi connectivity index (χ3v) is 4.44. The molecule has 1 aromatic heterocycles. The highest BCUT2D eigenvalue weighted by atomic mass is 16.5. The summed E-state index contributed by atoms with van der Waals surface area (Å²) in [6, 6.07) is 3.65. The zero-order valence-electron chi connectivity index (χ0n) is 15.1. The van der Waals surface area contributed by atoms with Gasteiger partial charge in [-0.3, -0.25) is 4.79 Å². The minimum atomic E-state index is -1.21. The predicted molar refractivity (Wildman–Crippen MR) is 97.5 cm³/mol. The SMILES string of the molecule is COc1cc2ncnc(N3CCN(C(=O)CNC(=O)O)CC3)c2cc1OC. The maximum absolute atomic E-state index is 12.0. The van der Waals surface area contributed by atoms with E-state index in [1.807, 2.05) is 6.07 Å². The molecule has 0 spiro atoms. The first-order valence-electron chi connectivity index (χ1n) is 8.39. The Kier molecular flexibility index (Phi) is 5.43. The van der Waals surface area contributed by atoms with Crippen molar-refractivity contribution in [1.82, 2.24) is 20.2 Å². The molecule has 0 saturated carbocycles. The van der Waals surface area contributed by atoms with Crippen molar-refractivity contribution < 1.29 is 24.2 Å². The third kappa shape index (κ3) is 3.94. The lowest BCUT2D eigenvalue weighted by Crippen LogP contribution is -2.51. The minimum Gasteiger partial charge on any atom is -0.493 e. The number of methoxy groups -OCH3 is 2. The Morgan fingerprint density at radius 1 is 1.11 bits per heavy atom. The van der Waals surface area contributed by atoms with E-state index < -0.39 is 6.09 Å². The van der Waals surface area contributed by atoms with Crippen molar-refractivity contribution in [3.63, 3.8) is 0 Å². The van der Waals surface area contributed by atoms with Gasteiger partial charge in [0.2, 0.25) is 5.91 Å². The Labute approximate surface area is 155 Å². The largest absolute Gasteiger partial charge is 0.493 e. The van der Waals surface area contributed by atoms with Crippen LogP contribution in [-0.4, -0.2) is 78.9 Å². The van der Waals surface area contributed by atoms with Gasteiger partial charge in [0.25, 0.3) is 0 Å². The number of amides is 2. The van der Waals surface area contributed by atoms with Crippen LogP contribution in [-0.2, 0) is 4.79 Å². The fourth-order valence-electron chi connectivity index (χ4n) is 3.05. The van der Waals surface area contributed by atoms with Gasteiger partial charge in [-0.15, -0.1) is 0 Å². The van der Waals surface area contributed by atoms with Crippen molar-refractivity contribution in [1.29, 1.82) is 0 Å². The number of rotatable bonds is 5. The number of benzene rings is 1. The van der Waals surface area contributed by atoms with Crippen LogP contribution in [0.3, 0.4) is 0 Å². The Balaban J connectivity index is 1.77. The van der Waals surface area contributed by atoms with E-state index in [9.17, 15) is 9.59 Å². The maximum Gasteiger partial charge on any atom is 0.405 e. The van der Waals surface area contributed by atoms with Gasteiger partial charge in [-0.1, -0.05) is 0 Å². The Morgan fingerprint density at radius 3 is 2.41 bits per heavy atom. The van der Waals surface area contributed by atoms with E-state index in [0.29, 0.717) is 37.7 Å². The number of nitrogens with one attached hydrogen (secondary N) is 1. The van der Waals surface area contributed by atoms with Crippen LogP contribution in [0, 0.1) is 0 Å². The van der Waals surface area contributed by atoms with Crippen molar-refractivity contribution in [2.75, 3.05) is 51.8 Å². The van der Waals surface area contributed by atoms with Crippen LogP contribution in [0.5, 0.6) is 11.5 Å². The average Bonchev–Trinajstić information content (AvgIpc) is 2.70. The number of anilines is 1. The summed E-state index contributed by atoms with van der Waals surface area (Å²) in [5.74, 6) is 1.71. The number of hydrogen-bond acceptors (Lipinski definition) is 7. The third-order valence-electron chi connectivity index (χ3n) is 4.44. The summed E-state index contributed by atoms with van der Waals surface area (Å²) in [6.45, 7) is 1.92. The molecule has 1 saturated heterocycles. The van der Waals surface area contributed by atoms with E-state index in [0.717, 1.165) is 16.7 Å². The molecule has 2 aromatic rings. The van der Waals surface area contributed by atoms with Gasteiger partial charge >= 0.3 is 6.09 Å². The fraction of sp³-hybridized carbons (Fsp3) is 0.412. The van der Waals surface area contributed by atoms with Gasteiger partial charge in [0, 0.05) is 37.6 Å². The fourth-order valence-corrected chi connectivity index (χ4v) is 3.05. The first kappa shape index (κ1) is 18.5. The molecule has 0 unspecified atom stereocenters. The summed E-state index contributed by atoms with van der Waals surface area (Å²) in [7, 11) is 3.14. The van der Waals surface area contributed by atoms with Crippen molar-refractivity contribution in [3.05, 3.63) is 18.5 Å². The van der Waals surface area contributed by atoms with Gasteiger partial charge in [0.1, 0.15) is 18.7 Å². The molecule has 1 aromatic carbocycles. The first-order chi connectivity index (χ1) is 13.0. The molecule has 2 amide bonds. The molecule has 0 aliphatic carbocycles. The van der Waals surface area contributed by atoms with Crippen LogP contribution in [0.1, 0.15) is 0 Å². The van der Waals surface area contributed by atoms with Crippen LogP contribution in [0.4, 0.5) is 10.6 Å². The smallest absolute Gasteiger partial charge is 0.405 e. The van der Waals surface area contributed by atoms with E-state index in [1.54, 1.807) is 25.2 Å². The number of hydrogen-bond donors (Lipinski definition) is 2. The van der Waals surface area contributed by atoms with Gasteiger partial charge < -0.3 is 29.7 Å². The average molecular weight is 375 g/mol. The lowest BCUT2D eigenvalue weighted by atomic mass is 10.2. The highest BCUT2D eigenvalue weighted by Crippen LogP contribution is 2.34. The molecule has 0 bridgehead atoms. The van der Waals surface area contributed by atoms with Gasteiger partial charge in [-0.05, 0) is 6.07 Å². The molecule has 27 heavy (non-hydrogen) atoms. The molecule has 10 heteroatoms. The lowest BCUT2D eigenvalue weighted by molar-refractivity contribution is -0.130. The number of fused-ring (bicyclic) bond motifs is 1. The molecular weight excluding hydrogens is 354 g/mol. The normalized spacial score (nSPS) is 14.1. The van der Waals surface area contributed by atoms with Gasteiger partial charge in [0.05, 0.1) is 19.7 Å². The Bertz CT molecular complexity index is 851. The number of nitrogens with zero attached hydrogens (tertiary/aromatic N) is 4. The molecule has 0 atom stereocenters. The summed E-state index contributed by atoms with van der Waals surface area (Å²) < 4.78 is 10.7. The number of aromatic nitrogens is 2. The van der Waals surface area contributed by atoms with E-state index >= 15 is 0 Å². The van der Waals surface area contributed by atoms with Gasteiger partial charge in [0.15, 0.2) is 11.5 Å². The highest BCUT2D eigenvalue weighted by Gasteiger charge is 2.24. The summed E-state index contributed by atoms with van der Waals surface area (Å²) >= 11 is 0. The summed E-state index contributed by atoms with van der Waals surface area (Å²) in [6.07, 6.45) is 0.288. The first-order valence-corrected chi connectivity index (χ1v) is 8.39. The molecular formula is C17H21N5O5. The summed E-state index contributed by atoms with van der Waals surface area (Å²) in [5.41, 5.74) is 0.738.